The first-order chi connectivity index (χ1) is 14.9. The van der Waals surface area contributed by atoms with Crippen molar-refractivity contribution in [3.63, 3.8) is 0 Å². The molecule has 31 heavy (non-hydrogen) atoms. The van der Waals surface area contributed by atoms with E-state index in [0.29, 0.717) is 29.6 Å². The zero-order valence-corrected chi connectivity index (χ0v) is 18.9. The molecule has 1 aliphatic heterocycles. The van der Waals surface area contributed by atoms with Crippen LogP contribution < -0.4 is 4.74 Å². The van der Waals surface area contributed by atoms with E-state index < -0.39 is 0 Å². The standard InChI is InChI=1S/C24H23ClN2O3S/c1-16(2)14-27-23(28)22(31-24(27)29)13-17-15-26(21-6-4-3-5-20(17)21)11-12-30-19-9-7-18(25)8-10-19/h3-10,13,15-16H,11-12,14H2,1-2H3/b22-13-. The Morgan fingerprint density at radius 1 is 1.10 bits per heavy atom. The van der Waals surface area contributed by atoms with Crippen LogP contribution in [0.4, 0.5) is 4.79 Å². The van der Waals surface area contributed by atoms with E-state index in [0.717, 1.165) is 34.0 Å². The first-order valence-electron chi connectivity index (χ1n) is 10.1. The van der Waals surface area contributed by atoms with E-state index in [1.54, 1.807) is 12.1 Å². The number of carbonyl (C=O) groups is 2. The van der Waals surface area contributed by atoms with E-state index in [9.17, 15) is 9.59 Å². The van der Waals surface area contributed by atoms with Gasteiger partial charge >= 0.3 is 0 Å². The van der Waals surface area contributed by atoms with Gasteiger partial charge in [-0.05, 0) is 54.1 Å². The van der Waals surface area contributed by atoms with E-state index in [1.165, 1.54) is 4.90 Å². The lowest BCUT2D eigenvalue weighted by Crippen LogP contribution is -2.31. The minimum Gasteiger partial charge on any atom is -0.492 e. The maximum absolute atomic E-state index is 12.7. The zero-order chi connectivity index (χ0) is 22.0. The monoisotopic (exact) mass is 454 g/mol. The molecule has 0 spiro atoms. The third-order valence-electron chi connectivity index (χ3n) is 4.94. The second-order valence-electron chi connectivity index (χ2n) is 7.78. The van der Waals surface area contributed by atoms with E-state index >= 15 is 0 Å². The van der Waals surface area contributed by atoms with Crippen molar-refractivity contribution in [1.82, 2.24) is 9.47 Å². The Kier molecular flexibility index (Phi) is 6.39. The van der Waals surface area contributed by atoms with E-state index in [1.807, 2.05) is 62.5 Å². The largest absolute Gasteiger partial charge is 0.492 e. The molecular weight excluding hydrogens is 432 g/mol. The molecule has 0 atom stereocenters. The number of ether oxygens (including phenoxy) is 1. The molecule has 1 aromatic heterocycles. The van der Waals surface area contributed by atoms with Crippen molar-refractivity contribution in [2.24, 2.45) is 5.92 Å². The van der Waals surface area contributed by atoms with Crippen LogP contribution in [0.3, 0.4) is 0 Å². The van der Waals surface area contributed by atoms with E-state index in [4.69, 9.17) is 16.3 Å². The highest BCUT2D eigenvalue weighted by Gasteiger charge is 2.35. The van der Waals surface area contributed by atoms with Crippen molar-refractivity contribution >= 4 is 51.5 Å². The number of benzene rings is 2. The molecule has 5 nitrogen and oxygen atoms in total. The zero-order valence-electron chi connectivity index (χ0n) is 17.4. The SMILES string of the molecule is CC(C)CN1C(=O)S/C(=C\c2cn(CCOc3ccc(Cl)cc3)c3ccccc23)C1=O. The molecular formula is C24H23ClN2O3S. The molecule has 0 N–H and O–H groups in total. The quantitative estimate of drug-likeness (QED) is 0.407. The van der Waals surface area contributed by atoms with Gasteiger partial charge in [-0.3, -0.25) is 14.5 Å². The second kappa shape index (κ2) is 9.20. The summed E-state index contributed by atoms with van der Waals surface area (Å²) in [5.41, 5.74) is 1.96. The predicted molar refractivity (Wildman–Crippen MR) is 126 cm³/mol. The summed E-state index contributed by atoms with van der Waals surface area (Å²) in [7, 11) is 0. The van der Waals surface area contributed by atoms with Crippen molar-refractivity contribution in [2.45, 2.75) is 20.4 Å². The lowest BCUT2D eigenvalue weighted by molar-refractivity contribution is -0.123. The average Bonchev–Trinajstić information content (AvgIpc) is 3.22. The van der Waals surface area contributed by atoms with Crippen LogP contribution in [-0.4, -0.2) is 33.8 Å². The van der Waals surface area contributed by atoms with Gasteiger partial charge < -0.3 is 9.30 Å². The average molecular weight is 455 g/mol. The Bertz CT molecular complexity index is 1150. The van der Waals surface area contributed by atoms with Crippen LogP contribution in [0, 0.1) is 5.92 Å². The van der Waals surface area contributed by atoms with Gasteiger partial charge in [0.1, 0.15) is 12.4 Å². The molecule has 7 heteroatoms. The summed E-state index contributed by atoms with van der Waals surface area (Å²) >= 11 is 6.92. The van der Waals surface area contributed by atoms with Crippen molar-refractivity contribution < 1.29 is 14.3 Å². The molecule has 0 radical (unpaired) electrons. The van der Waals surface area contributed by atoms with Gasteiger partial charge in [0, 0.05) is 34.2 Å². The van der Waals surface area contributed by atoms with Crippen molar-refractivity contribution in [3.8, 4) is 5.75 Å². The fraction of sp³-hybridized carbons (Fsp3) is 0.250. The Morgan fingerprint density at radius 2 is 1.84 bits per heavy atom. The molecule has 4 rings (SSSR count). The molecule has 160 valence electrons. The number of hydrogen-bond donors (Lipinski definition) is 0. The first-order valence-corrected chi connectivity index (χ1v) is 11.3. The summed E-state index contributed by atoms with van der Waals surface area (Å²) in [6.45, 7) is 5.56. The van der Waals surface area contributed by atoms with Gasteiger partial charge in [0.15, 0.2) is 0 Å². The summed E-state index contributed by atoms with van der Waals surface area (Å²) in [4.78, 5) is 26.8. The number of halogens is 1. The summed E-state index contributed by atoms with van der Waals surface area (Å²) < 4.78 is 7.94. The normalized spacial score (nSPS) is 15.6. The Hall–Kier alpha value is -2.70. The first kappa shape index (κ1) is 21.5. The molecule has 1 saturated heterocycles. The number of para-hydroxylation sites is 1. The smallest absolute Gasteiger partial charge is 0.293 e. The van der Waals surface area contributed by atoms with Crippen LogP contribution >= 0.6 is 23.4 Å². The van der Waals surface area contributed by atoms with Gasteiger partial charge in [0.25, 0.3) is 11.1 Å². The highest BCUT2D eigenvalue weighted by atomic mass is 35.5. The van der Waals surface area contributed by atoms with E-state index in [-0.39, 0.29) is 17.1 Å². The molecule has 3 aromatic rings. The number of amides is 2. The summed E-state index contributed by atoms with van der Waals surface area (Å²) in [5, 5.41) is 1.50. The van der Waals surface area contributed by atoms with Crippen molar-refractivity contribution in [1.29, 1.82) is 0 Å². The number of thioether (sulfide) groups is 1. The maximum atomic E-state index is 12.7. The lowest BCUT2D eigenvalue weighted by Gasteiger charge is -2.14. The summed E-state index contributed by atoms with van der Waals surface area (Å²) in [5.74, 6) is 0.780. The molecule has 1 aliphatic rings. The second-order valence-corrected chi connectivity index (χ2v) is 9.21. The van der Waals surface area contributed by atoms with Crippen LogP contribution in [0.2, 0.25) is 5.02 Å². The number of hydrogen-bond acceptors (Lipinski definition) is 4. The number of fused-ring (bicyclic) bond motifs is 1. The predicted octanol–water partition coefficient (Wildman–Crippen LogP) is 6.07. The van der Waals surface area contributed by atoms with Crippen LogP contribution in [-0.2, 0) is 11.3 Å². The minimum atomic E-state index is -0.216. The maximum Gasteiger partial charge on any atom is 0.293 e. The number of carbonyl (C=O) groups excluding carboxylic acids is 2. The Balaban J connectivity index is 1.55. The fourth-order valence-electron chi connectivity index (χ4n) is 3.53. The van der Waals surface area contributed by atoms with Crippen LogP contribution in [0.1, 0.15) is 19.4 Å². The third kappa shape index (κ3) is 4.81. The fourth-order valence-corrected chi connectivity index (χ4v) is 4.50. The molecule has 0 unspecified atom stereocenters. The van der Waals surface area contributed by atoms with Crippen molar-refractivity contribution in [2.75, 3.05) is 13.2 Å². The molecule has 0 aliphatic carbocycles. The highest BCUT2D eigenvalue weighted by Crippen LogP contribution is 2.34. The van der Waals surface area contributed by atoms with Gasteiger partial charge in [0.2, 0.25) is 0 Å². The third-order valence-corrected chi connectivity index (χ3v) is 6.10. The van der Waals surface area contributed by atoms with Crippen LogP contribution in [0.15, 0.2) is 59.6 Å². The molecule has 0 saturated carbocycles. The number of aromatic nitrogens is 1. The summed E-state index contributed by atoms with van der Waals surface area (Å²) in [6.07, 6.45) is 3.83. The molecule has 0 bridgehead atoms. The topological polar surface area (TPSA) is 51.5 Å². The molecule has 1 fully saturated rings. The molecule has 2 heterocycles. The van der Waals surface area contributed by atoms with Gasteiger partial charge in [0.05, 0.1) is 11.4 Å². The van der Waals surface area contributed by atoms with Gasteiger partial charge in [-0.1, -0.05) is 43.6 Å². The molecule has 2 amide bonds. The highest BCUT2D eigenvalue weighted by molar-refractivity contribution is 8.18. The molecule has 2 aromatic carbocycles. The van der Waals surface area contributed by atoms with Crippen LogP contribution in [0.5, 0.6) is 5.75 Å². The van der Waals surface area contributed by atoms with Gasteiger partial charge in [-0.15, -0.1) is 0 Å². The van der Waals surface area contributed by atoms with Crippen molar-refractivity contribution in [3.05, 3.63) is 70.2 Å². The van der Waals surface area contributed by atoms with Gasteiger partial charge in [-0.25, -0.2) is 0 Å². The number of imide groups is 1. The number of nitrogens with zero attached hydrogens (tertiary/aromatic N) is 2. The lowest BCUT2D eigenvalue weighted by atomic mass is 10.1. The summed E-state index contributed by atoms with van der Waals surface area (Å²) in [6, 6.07) is 15.3. The Labute approximate surface area is 190 Å². The van der Waals surface area contributed by atoms with E-state index in [2.05, 4.69) is 4.57 Å². The van der Waals surface area contributed by atoms with Crippen LogP contribution in [0.25, 0.3) is 17.0 Å². The minimum absolute atomic E-state index is 0.204. The number of rotatable bonds is 7. The Morgan fingerprint density at radius 3 is 2.58 bits per heavy atom. The van der Waals surface area contributed by atoms with Gasteiger partial charge in [-0.2, -0.15) is 0 Å².